The highest BCUT2D eigenvalue weighted by molar-refractivity contribution is 6.34. The van der Waals surface area contributed by atoms with Crippen LogP contribution in [-0.2, 0) is 11.3 Å². The summed E-state index contributed by atoms with van der Waals surface area (Å²) in [6.45, 7) is 0.0661. The van der Waals surface area contributed by atoms with Gasteiger partial charge in [-0.1, -0.05) is 41.9 Å². The van der Waals surface area contributed by atoms with Crippen LogP contribution in [-0.4, -0.2) is 17.8 Å². The molecular weight excluding hydrogens is 378 g/mol. The third-order valence-corrected chi connectivity index (χ3v) is 4.63. The normalized spacial score (nSPS) is 12.8. The van der Waals surface area contributed by atoms with Gasteiger partial charge in [0.25, 0.3) is 11.8 Å². The number of amides is 2. The molecule has 1 heterocycles. The van der Waals surface area contributed by atoms with E-state index in [4.69, 9.17) is 16.3 Å². The van der Waals surface area contributed by atoms with Crippen molar-refractivity contribution in [3.63, 3.8) is 0 Å². The van der Waals surface area contributed by atoms with Crippen LogP contribution in [0.3, 0.4) is 0 Å². The van der Waals surface area contributed by atoms with Crippen molar-refractivity contribution in [2.24, 2.45) is 0 Å². The summed E-state index contributed by atoms with van der Waals surface area (Å²) in [5.74, 6) is -1.38. The number of imide groups is 1. The summed E-state index contributed by atoms with van der Waals surface area (Å²) in [6, 6.07) is 19.9. The number of nitrogens with zero attached hydrogens (tertiary/aromatic N) is 1. The number of rotatable bonds is 4. The summed E-state index contributed by atoms with van der Waals surface area (Å²) < 4.78 is 5.32. The molecule has 0 saturated heterocycles. The van der Waals surface area contributed by atoms with Crippen molar-refractivity contribution in [3.8, 4) is 0 Å². The standard InChI is InChI=1S/C22H14ClNO4/c23-16-7-3-5-14(11-16)13-28-22(27)15-6-4-8-17(12-15)24-20(25)18-9-1-2-10-19(18)21(24)26/h1-12H,13H2. The van der Waals surface area contributed by atoms with Gasteiger partial charge in [-0.2, -0.15) is 0 Å². The average Bonchev–Trinajstić information content (AvgIpc) is 2.97. The van der Waals surface area contributed by atoms with Gasteiger partial charge >= 0.3 is 5.97 Å². The second-order valence-corrected chi connectivity index (χ2v) is 6.68. The summed E-state index contributed by atoms with van der Waals surface area (Å²) in [4.78, 5) is 38.7. The number of benzene rings is 3. The molecule has 0 N–H and O–H groups in total. The van der Waals surface area contributed by atoms with Gasteiger partial charge in [0.2, 0.25) is 0 Å². The van der Waals surface area contributed by atoms with E-state index >= 15 is 0 Å². The van der Waals surface area contributed by atoms with E-state index in [0.717, 1.165) is 10.5 Å². The number of carbonyl (C=O) groups excluding carboxylic acids is 3. The molecule has 6 heteroatoms. The van der Waals surface area contributed by atoms with E-state index in [-0.39, 0.29) is 12.2 Å². The number of esters is 1. The number of hydrogen-bond donors (Lipinski definition) is 0. The first kappa shape index (κ1) is 17.9. The van der Waals surface area contributed by atoms with Gasteiger partial charge in [-0.25, -0.2) is 9.69 Å². The van der Waals surface area contributed by atoms with E-state index in [9.17, 15) is 14.4 Å². The average molecular weight is 392 g/mol. The number of carbonyl (C=O) groups is 3. The monoisotopic (exact) mass is 391 g/mol. The molecule has 0 aromatic heterocycles. The van der Waals surface area contributed by atoms with E-state index in [1.165, 1.54) is 6.07 Å². The molecule has 0 spiro atoms. The van der Waals surface area contributed by atoms with Crippen molar-refractivity contribution in [2.75, 3.05) is 4.90 Å². The summed E-state index contributed by atoms with van der Waals surface area (Å²) >= 11 is 5.93. The maximum Gasteiger partial charge on any atom is 0.338 e. The second kappa shape index (κ2) is 7.29. The molecule has 0 bridgehead atoms. The highest BCUT2D eigenvalue weighted by atomic mass is 35.5. The van der Waals surface area contributed by atoms with E-state index < -0.39 is 17.8 Å². The molecule has 28 heavy (non-hydrogen) atoms. The Morgan fingerprint density at radius 2 is 1.54 bits per heavy atom. The zero-order valence-electron chi connectivity index (χ0n) is 14.6. The fourth-order valence-corrected chi connectivity index (χ4v) is 3.27. The van der Waals surface area contributed by atoms with Crippen LogP contribution in [0.4, 0.5) is 5.69 Å². The number of fused-ring (bicyclic) bond motifs is 1. The van der Waals surface area contributed by atoms with Crippen molar-refractivity contribution in [1.29, 1.82) is 0 Å². The van der Waals surface area contributed by atoms with Gasteiger partial charge in [0.15, 0.2) is 0 Å². The largest absolute Gasteiger partial charge is 0.457 e. The fraction of sp³-hybridized carbons (Fsp3) is 0.0455. The lowest BCUT2D eigenvalue weighted by Gasteiger charge is -2.15. The van der Waals surface area contributed by atoms with Gasteiger partial charge in [-0.05, 0) is 48.0 Å². The zero-order valence-corrected chi connectivity index (χ0v) is 15.3. The van der Waals surface area contributed by atoms with Gasteiger partial charge in [0.05, 0.1) is 22.4 Å². The Hall–Kier alpha value is -3.44. The Morgan fingerprint density at radius 3 is 2.21 bits per heavy atom. The SMILES string of the molecule is O=C(OCc1cccc(Cl)c1)c1cccc(N2C(=O)c3ccccc3C2=O)c1. The van der Waals surface area contributed by atoms with Crippen LogP contribution in [0.2, 0.25) is 5.02 Å². The van der Waals surface area contributed by atoms with Crippen molar-refractivity contribution < 1.29 is 19.1 Å². The van der Waals surface area contributed by atoms with Crippen LogP contribution in [0.25, 0.3) is 0 Å². The molecule has 4 rings (SSSR count). The van der Waals surface area contributed by atoms with E-state index in [1.54, 1.807) is 66.7 Å². The maximum absolute atomic E-state index is 12.6. The minimum atomic E-state index is -0.557. The van der Waals surface area contributed by atoms with Gasteiger partial charge < -0.3 is 4.74 Å². The smallest absolute Gasteiger partial charge is 0.338 e. The number of hydrogen-bond acceptors (Lipinski definition) is 4. The first-order valence-electron chi connectivity index (χ1n) is 8.54. The summed E-state index contributed by atoms with van der Waals surface area (Å²) in [6.07, 6.45) is 0. The molecule has 138 valence electrons. The first-order valence-corrected chi connectivity index (χ1v) is 8.92. The third kappa shape index (κ3) is 3.28. The van der Waals surface area contributed by atoms with Crippen LogP contribution in [0.5, 0.6) is 0 Å². The third-order valence-electron chi connectivity index (χ3n) is 4.39. The Bertz CT molecular complexity index is 1070. The molecule has 0 unspecified atom stereocenters. The minimum absolute atomic E-state index is 0.0661. The Kier molecular flexibility index (Phi) is 4.67. The molecule has 1 aliphatic rings. The molecule has 3 aromatic rings. The van der Waals surface area contributed by atoms with Crippen molar-refractivity contribution in [2.45, 2.75) is 6.61 Å². The summed E-state index contributed by atoms with van der Waals surface area (Å²) in [5.41, 5.74) is 2.03. The molecule has 0 aliphatic carbocycles. The quantitative estimate of drug-likeness (QED) is 0.485. The molecular formula is C22H14ClNO4. The van der Waals surface area contributed by atoms with Crippen molar-refractivity contribution in [1.82, 2.24) is 0 Å². The van der Waals surface area contributed by atoms with Gasteiger partial charge in [0, 0.05) is 5.02 Å². The second-order valence-electron chi connectivity index (χ2n) is 6.25. The topological polar surface area (TPSA) is 63.7 Å². The fourth-order valence-electron chi connectivity index (χ4n) is 3.05. The maximum atomic E-state index is 12.6. The molecule has 5 nitrogen and oxygen atoms in total. The molecule has 0 fully saturated rings. The minimum Gasteiger partial charge on any atom is -0.457 e. The van der Waals surface area contributed by atoms with Crippen LogP contribution in [0.15, 0.2) is 72.8 Å². The van der Waals surface area contributed by atoms with Gasteiger partial charge in [-0.15, -0.1) is 0 Å². The first-order chi connectivity index (χ1) is 13.5. The summed E-state index contributed by atoms with van der Waals surface area (Å²) in [5, 5.41) is 0.557. The Morgan fingerprint density at radius 1 is 0.857 bits per heavy atom. The lowest BCUT2D eigenvalue weighted by molar-refractivity contribution is 0.0472. The van der Waals surface area contributed by atoms with Crippen LogP contribution >= 0.6 is 11.6 Å². The molecule has 3 aromatic carbocycles. The van der Waals surface area contributed by atoms with Crippen LogP contribution in [0, 0.1) is 0 Å². The van der Waals surface area contributed by atoms with Crippen LogP contribution in [0.1, 0.15) is 36.6 Å². The lowest BCUT2D eigenvalue weighted by atomic mass is 10.1. The molecule has 1 aliphatic heterocycles. The Labute approximate surface area is 166 Å². The molecule has 2 amide bonds. The van der Waals surface area contributed by atoms with E-state index in [2.05, 4.69) is 0 Å². The number of halogens is 1. The van der Waals surface area contributed by atoms with Crippen molar-refractivity contribution in [3.05, 3.63) is 100 Å². The summed E-state index contributed by atoms with van der Waals surface area (Å²) in [7, 11) is 0. The predicted octanol–water partition coefficient (Wildman–Crippen LogP) is 4.50. The molecule has 0 saturated carbocycles. The number of anilines is 1. The zero-order chi connectivity index (χ0) is 19.7. The van der Waals surface area contributed by atoms with E-state index in [0.29, 0.717) is 21.8 Å². The lowest BCUT2D eigenvalue weighted by Crippen LogP contribution is -2.29. The number of ether oxygens (including phenoxy) is 1. The molecule has 0 radical (unpaired) electrons. The predicted molar refractivity (Wildman–Crippen MR) is 105 cm³/mol. The van der Waals surface area contributed by atoms with Gasteiger partial charge in [0.1, 0.15) is 6.61 Å². The van der Waals surface area contributed by atoms with Gasteiger partial charge in [-0.3, -0.25) is 9.59 Å². The van der Waals surface area contributed by atoms with E-state index in [1.807, 2.05) is 0 Å². The highest BCUT2D eigenvalue weighted by Crippen LogP contribution is 2.29. The highest BCUT2D eigenvalue weighted by Gasteiger charge is 2.36. The van der Waals surface area contributed by atoms with Crippen LogP contribution < -0.4 is 4.90 Å². The Balaban J connectivity index is 1.54. The molecule has 0 atom stereocenters. The van der Waals surface area contributed by atoms with Crippen molar-refractivity contribution >= 4 is 35.1 Å².